The smallest absolute Gasteiger partial charge is 0.278 e. The molecule has 3 aromatic carbocycles. The fourth-order valence-electron chi connectivity index (χ4n) is 5.34. The van der Waals surface area contributed by atoms with Gasteiger partial charge in [-0.15, -0.1) is 0 Å². The fraction of sp³-hybridized carbons (Fsp3) is 0.344. The first-order valence-electron chi connectivity index (χ1n) is 13.8. The first-order chi connectivity index (χ1) is 19.5. The van der Waals surface area contributed by atoms with Crippen LogP contribution in [-0.4, -0.2) is 59.7 Å². The number of nitrogens with zero attached hydrogens (tertiary/aromatic N) is 3. The molecule has 40 heavy (non-hydrogen) atoms. The van der Waals surface area contributed by atoms with Crippen LogP contribution in [0.25, 0.3) is 10.9 Å². The topological polar surface area (TPSA) is 73.7 Å². The van der Waals surface area contributed by atoms with Crippen molar-refractivity contribution in [2.24, 2.45) is 0 Å². The molecule has 0 atom stereocenters. The molecule has 0 aliphatic carbocycles. The molecule has 0 amide bonds. The molecular weight excluding hydrogens is 509 g/mol. The van der Waals surface area contributed by atoms with Gasteiger partial charge in [0.2, 0.25) is 0 Å². The predicted molar refractivity (Wildman–Crippen MR) is 152 cm³/mol. The average molecular weight is 544 g/mol. The molecule has 208 valence electrons. The summed E-state index contributed by atoms with van der Waals surface area (Å²) in [5.74, 6) is 0.821. The van der Waals surface area contributed by atoms with Crippen molar-refractivity contribution in [2.45, 2.75) is 38.5 Å². The second kappa shape index (κ2) is 12.4. The van der Waals surface area contributed by atoms with Gasteiger partial charge in [0, 0.05) is 41.5 Å². The number of methoxy groups -OCH3 is 1. The lowest BCUT2D eigenvalue weighted by atomic mass is 9.91. The van der Waals surface area contributed by atoms with E-state index in [4.69, 9.17) is 14.6 Å². The maximum Gasteiger partial charge on any atom is 0.278 e. The monoisotopic (exact) mass is 543 g/mol. The number of ketones is 1. The Balaban J connectivity index is 1.18. The maximum atomic E-state index is 14.2. The van der Waals surface area contributed by atoms with Crippen LogP contribution in [0.3, 0.4) is 0 Å². The van der Waals surface area contributed by atoms with E-state index in [-0.39, 0.29) is 23.4 Å². The van der Waals surface area contributed by atoms with Crippen molar-refractivity contribution in [3.63, 3.8) is 0 Å². The lowest BCUT2D eigenvalue weighted by molar-refractivity contribution is 0.0947. The number of carbonyl (C=O) groups excluding carboxylic acids is 2. The normalized spacial score (nSPS) is 14.4. The molecule has 4 aromatic rings. The van der Waals surface area contributed by atoms with Crippen LogP contribution in [0.1, 0.15) is 64.9 Å². The van der Waals surface area contributed by atoms with Gasteiger partial charge in [-0.1, -0.05) is 25.1 Å². The van der Waals surface area contributed by atoms with Crippen molar-refractivity contribution in [2.75, 3.05) is 33.4 Å². The molecule has 1 aliphatic heterocycles. The standard InChI is InChI=1S/C32H34FN3O4/c1-3-28(37)24-10-13-29(30(20-24)39-2)40-19-7-16-35-17-14-22(15-18-35)31-26-12-11-25(33)21-27(26)36(34-31)32(38)23-8-5-4-6-9-23/h4-6,8-13,20-22H,3,7,14-19H2,1-2H3. The maximum absolute atomic E-state index is 14.2. The van der Waals surface area contributed by atoms with Gasteiger partial charge in [-0.25, -0.2) is 4.39 Å². The quantitative estimate of drug-likeness (QED) is 0.177. The van der Waals surface area contributed by atoms with E-state index in [1.165, 1.54) is 16.8 Å². The number of piperidine rings is 1. The summed E-state index contributed by atoms with van der Waals surface area (Å²) in [6.45, 7) is 5.09. The van der Waals surface area contributed by atoms with Crippen LogP contribution < -0.4 is 9.47 Å². The molecule has 1 fully saturated rings. The highest BCUT2D eigenvalue weighted by Crippen LogP contribution is 2.33. The van der Waals surface area contributed by atoms with Gasteiger partial charge in [0.05, 0.1) is 24.9 Å². The Morgan fingerprint density at radius 1 is 0.975 bits per heavy atom. The first-order valence-corrected chi connectivity index (χ1v) is 13.8. The molecule has 0 radical (unpaired) electrons. The van der Waals surface area contributed by atoms with Gasteiger partial charge in [0.15, 0.2) is 17.3 Å². The Morgan fingerprint density at radius 2 is 1.75 bits per heavy atom. The van der Waals surface area contributed by atoms with Gasteiger partial charge in [0.1, 0.15) is 5.82 Å². The number of ether oxygens (including phenoxy) is 2. The largest absolute Gasteiger partial charge is 0.493 e. The summed E-state index contributed by atoms with van der Waals surface area (Å²) < 4.78 is 26.9. The lowest BCUT2D eigenvalue weighted by Crippen LogP contribution is -2.34. The van der Waals surface area contributed by atoms with Gasteiger partial charge in [-0.3, -0.25) is 9.59 Å². The van der Waals surface area contributed by atoms with E-state index in [0.29, 0.717) is 41.2 Å². The summed E-state index contributed by atoms with van der Waals surface area (Å²) in [5.41, 5.74) is 2.51. The summed E-state index contributed by atoms with van der Waals surface area (Å²) in [6.07, 6.45) is 3.11. The van der Waals surface area contributed by atoms with E-state index in [9.17, 15) is 14.0 Å². The molecule has 0 bridgehead atoms. The van der Waals surface area contributed by atoms with Crippen molar-refractivity contribution in [1.29, 1.82) is 0 Å². The van der Waals surface area contributed by atoms with Crippen LogP contribution in [-0.2, 0) is 0 Å². The Bertz CT molecular complexity index is 1490. The SMILES string of the molecule is CCC(=O)c1ccc(OCCCN2CCC(c3nn(C(=O)c4ccccc4)c4cc(F)ccc34)CC2)c(OC)c1. The zero-order chi connectivity index (χ0) is 28.1. The summed E-state index contributed by atoms with van der Waals surface area (Å²) >= 11 is 0. The van der Waals surface area contributed by atoms with Crippen molar-refractivity contribution in [1.82, 2.24) is 14.7 Å². The third-order valence-electron chi connectivity index (χ3n) is 7.54. The Morgan fingerprint density at radius 3 is 2.48 bits per heavy atom. The number of carbonyl (C=O) groups is 2. The highest BCUT2D eigenvalue weighted by atomic mass is 19.1. The molecule has 1 saturated heterocycles. The number of fused-ring (bicyclic) bond motifs is 1. The van der Waals surface area contributed by atoms with Gasteiger partial charge in [0.25, 0.3) is 5.91 Å². The van der Waals surface area contributed by atoms with Crippen LogP contribution in [0, 0.1) is 5.82 Å². The number of aromatic nitrogens is 2. The van der Waals surface area contributed by atoms with Gasteiger partial charge in [-0.2, -0.15) is 9.78 Å². The van der Waals surface area contributed by atoms with Crippen LogP contribution >= 0.6 is 0 Å². The minimum absolute atomic E-state index is 0.0722. The van der Waals surface area contributed by atoms with Crippen molar-refractivity contribution in [3.05, 3.63) is 89.4 Å². The highest BCUT2D eigenvalue weighted by molar-refractivity contribution is 6.01. The zero-order valence-corrected chi connectivity index (χ0v) is 22.9. The molecule has 0 unspecified atom stereocenters. The van der Waals surface area contributed by atoms with Crippen molar-refractivity contribution in [3.8, 4) is 11.5 Å². The van der Waals surface area contributed by atoms with E-state index in [1.807, 2.05) is 25.1 Å². The molecule has 1 aliphatic rings. The fourth-order valence-corrected chi connectivity index (χ4v) is 5.34. The molecular formula is C32H34FN3O4. The molecule has 0 spiro atoms. The second-order valence-electron chi connectivity index (χ2n) is 10.1. The van der Waals surface area contributed by atoms with E-state index < -0.39 is 0 Å². The molecule has 5 rings (SSSR count). The highest BCUT2D eigenvalue weighted by Gasteiger charge is 2.27. The molecule has 8 heteroatoms. The molecule has 2 heterocycles. The van der Waals surface area contributed by atoms with E-state index in [2.05, 4.69) is 4.90 Å². The van der Waals surface area contributed by atoms with Gasteiger partial charge in [-0.05, 0) is 74.8 Å². The van der Waals surface area contributed by atoms with Crippen LogP contribution in [0.5, 0.6) is 11.5 Å². The number of likely N-dealkylation sites (tertiary alicyclic amines) is 1. The number of hydrogen-bond acceptors (Lipinski definition) is 6. The second-order valence-corrected chi connectivity index (χ2v) is 10.1. The number of halogens is 1. The molecule has 0 saturated carbocycles. The summed E-state index contributed by atoms with van der Waals surface area (Å²) in [4.78, 5) is 27.6. The summed E-state index contributed by atoms with van der Waals surface area (Å²) in [5, 5.41) is 5.56. The van der Waals surface area contributed by atoms with E-state index in [1.54, 1.807) is 43.5 Å². The third kappa shape index (κ3) is 5.92. The molecule has 1 aromatic heterocycles. The Kier molecular flexibility index (Phi) is 8.55. The lowest BCUT2D eigenvalue weighted by Gasteiger charge is -2.31. The molecule has 0 N–H and O–H groups in total. The van der Waals surface area contributed by atoms with E-state index >= 15 is 0 Å². The first kappa shape index (κ1) is 27.5. The Labute approximate surface area is 233 Å². The Hall–Kier alpha value is -4.04. The van der Waals surface area contributed by atoms with Gasteiger partial charge >= 0.3 is 0 Å². The number of Topliss-reactive ketones (excluding diaryl/α,β-unsaturated/α-hetero) is 1. The van der Waals surface area contributed by atoms with Crippen LogP contribution in [0.4, 0.5) is 4.39 Å². The molecule has 7 nitrogen and oxygen atoms in total. The van der Waals surface area contributed by atoms with Gasteiger partial charge < -0.3 is 14.4 Å². The van der Waals surface area contributed by atoms with Crippen LogP contribution in [0.15, 0.2) is 66.7 Å². The zero-order valence-electron chi connectivity index (χ0n) is 22.9. The average Bonchev–Trinajstić information content (AvgIpc) is 3.37. The van der Waals surface area contributed by atoms with Crippen LogP contribution in [0.2, 0.25) is 0 Å². The van der Waals surface area contributed by atoms with Crippen molar-refractivity contribution >= 4 is 22.6 Å². The number of benzene rings is 3. The summed E-state index contributed by atoms with van der Waals surface area (Å²) in [7, 11) is 1.58. The minimum Gasteiger partial charge on any atom is -0.493 e. The van der Waals surface area contributed by atoms with E-state index in [0.717, 1.165) is 50.0 Å². The summed E-state index contributed by atoms with van der Waals surface area (Å²) in [6, 6.07) is 18.8. The minimum atomic E-state index is -0.388. The predicted octanol–water partition coefficient (Wildman–Crippen LogP) is 6.11. The number of hydrogen-bond donors (Lipinski definition) is 0. The third-order valence-corrected chi connectivity index (χ3v) is 7.54. The van der Waals surface area contributed by atoms with Crippen molar-refractivity contribution < 1.29 is 23.5 Å². The number of rotatable bonds is 10.